The minimum atomic E-state index is -0.638. The number of hydrogen-bond acceptors (Lipinski definition) is 7. The predicted octanol–water partition coefficient (Wildman–Crippen LogP) is 4.19. The van der Waals surface area contributed by atoms with Gasteiger partial charge in [0.2, 0.25) is 11.8 Å². The summed E-state index contributed by atoms with van der Waals surface area (Å²) in [5.74, 6) is -0.0156. The molecular formula is C20H17Cl2N5O4. The number of aromatic nitrogens is 4. The predicted molar refractivity (Wildman–Crippen MR) is 117 cm³/mol. The lowest BCUT2D eigenvalue weighted by molar-refractivity contribution is 0.435. The highest BCUT2D eigenvalue weighted by Gasteiger charge is 2.16. The van der Waals surface area contributed by atoms with Crippen molar-refractivity contribution in [2.75, 3.05) is 5.32 Å². The highest BCUT2D eigenvalue weighted by atomic mass is 35.5. The van der Waals surface area contributed by atoms with Gasteiger partial charge >= 0.3 is 5.76 Å². The minimum absolute atomic E-state index is 0.153. The van der Waals surface area contributed by atoms with Gasteiger partial charge in [-0.25, -0.2) is 14.6 Å². The Morgan fingerprint density at radius 2 is 1.87 bits per heavy atom. The van der Waals surface area contributed by atoms with Crippen LogP contribution < -0.4 is 21.4 Å². The molecule has 4 aromatic rings. The van der Waals surface area contributed by atoms with Gasteiger partial charge in [-0.05, 0) is 30.7 Å². The zero-order valence-corrected chi connectivity index (χ0v) is 17.8. The summed E-state index contributed by atoms with van der Waals surface area (Å²) in [6.07, 6.45) is 0.739. The molecule has 2 aromatic heterocycles. The molecule has 11 heteroatoms. The Hall–Kier alpha value is -3.30. The van der Waals surface area contributed by atoms with Gasteiger partial charge in [0.05, 0.1) is 27.4 Å². The van der Waals surface area contributed by atoms with Crippen molar-refractivity contribution in [3.05, 3.63) is 73.2 Å². The van der Waals surface area contributed by atoms with Gasteiger partial charge in [-0.3, -0.25) is 4.79 Å². The Kier molecular flexibility index (Phi) is 5.97. The average Bonchev–Trinajstić information content (AvgIpc) is 3.17. The molecule has 0 aliphatic rings. The van der Waals surface area contributed by atoms with Gasteiger partial charge in [0.25, 0.3) is 5.56 Å². The fourth-order valence-electron chi connectivity index (χ4n) is 3.01. The summed E-state index contributed by atoms with van der Waals surface area (Å²) in [5.41, 5.74) is 0.383. The molecule has 2 heterocycles. The Morgan fingerprint density at radius 3 is 2.52 bits per heavy atom. The van der Waals surface area contributed by atoms with Crippen molar-refractivity contribution in [1.82, 2.24) is 20.0 Å². The Bertz CT molecular complexity index is 1340. The van der Waals surface area contributed by atoms with E-state index in [9.17, 15) is 9.59 Å². The summed E-state index contributed by atoms with van der Waals surface area (Å²) < 4.78 is 12.2. The maximum absolute atomic E-state index is 12.6. The standard InChI is InChI=1S/C20H17Cl2N5O4/c1-2-7-27-19(28)13-6-4-3-5-12(13)18(26-27)31-17-14(21)8-11(9-15(17)22)23-10-16-24-25-20(29)30-16/h3-6,8-9,23H,2,7,10H2,1H3,(H,25,29). The molecule has 0 radical (unpaired) electrons. The van der Waals surface area contributed by atoms with Gasteiger partial charge in [0, 0.05) is 12.2 Å². The monoisotopic (exact) mass is 461 g/mol. The summed E-state index contributed by atoms with van der Waals surface area (Å²) in [5, 5.41) is 14.8. The van der Waals surface area contributed by atoms with Crippen LogP contribution in [0, 0.1) is 0 Å². The molecule has 0 aliphatic carbocycles. The maximum atomic E-state index is 12.6. The number of nitrogens with zero attached hydrogens (tertiary/aromatic N) is 3. The molecular weight excluding hydrogens is 445 g/mol. The van der Waals surface area contributed by atoms with E-state index >= 15 is 0 Å². The third kappa shape index (κ3) is 4.42. The minimum Gasteiger partial charge on any atom is -0.434 e. The zero-order chi connectivity index (χ0) is 22.0. The first-order valence-electron chi connectivity index (χ1n) is 9.41. The van der Waals surface area contributed by atoms with Crippen molar-refractivity contribution in [1.29, 1.82) is 0 Å². The molecule has 0 amide bonds. The van der Waals surface area contributed by atoms with E-state index in [0.29, 0.717) is 23.0 Å². The van der Waals surface area contributed by atoms with Crippen molar-refractivity contribution < 1.29 is 9.15 Å². The number of ether oxygens (including phenoxy) is 1. The van der Waals surface area contributed by atoms with Crippen LogP contribution in [0.4, 0.5) is 5.69 Å². The second-order valence-electron chi connectivity index (χ2n) is 6.61. The fourth-order valence-corrected chi connectivity index (χ4v) is 3.58. The second kappa shape index (κ2) is 8.83. The average molecular weight is 462 g/mol. The Labute approximate surface area is 185 Å². The highest BCUT2D eigenvalue weighted by molar-refractivity contribution is 6.37. The molecule has 0 atom stereocenters. The van der Waals surface area contributed by atoms with Crippen LogP contribution in [-0.4, -0.2) is 20.0 Å². The lowest BCUT2D eigenvalue weighted by Gasteiger charge is -2.14. The SMILES string of the molecule is CCCn1nc(Oc2c(Cl)cc(NCc3n[nH]c(=O)o3)cc2Cl)c2ccccc2c1=O. The maximum Gasteiger partial charge on any atom is 0.434 e. The number of rotatable bonds is 7. The lowest BCUT2D eigenvalue weighted by Crippen LogP contribution is -2.23. The van der Waals surface area contributed by atoms with Gasteiger partial charge < -0.3 is 14.5 Å². The van der Waals surface area contributed by atoms with E-state index in [2.05, 4.69) is 20.6 Å². The lowest BCUT2D eigenvalue weighted by atomic mass is 10.2. The van der Waals surface area contributed by atoms with E-state index in [1.54, 1.807) is 36.4 Å². The molecule has 9 nitrogen and oxygen atoms in total. The molecule has 0 bridgehead atoms. The summed E-state index contributed by atoms with van der Waals surface area (Å²) in [6, 6.07) is 10.3. The number of aryl methyl sites for hydroxylation is 1. The van der Waals surface area contributed by atoms with Crippen LogP contribution in [0.5, 0.6) is 11.6 Å². The van der Waals surface area contributed by atoms with E-state index < -0.39 is 5.76 Å². The number of nitrogens with one attached hydrogen (secondary N) is 2. The van der Waals surface area contributed by atoms with E-state index in [-0.39, 0.29) is 39.7 Å². The van der Waals surface area contributed by atoms with Crippen LogP contribution in [-0.2, 0) is 13.1 Å². The van der Waals surface area contributed by atoms with Gasteiger partial charge in [-0.1, -0.05) is 42.3 Å². The van der Waals surface area contributed by atoms with Crippen molar-refractivity contribution in [3.8, 4) is 11.6 Å². The number of benzene rings is 2. The number of fused-ring (bicyclic) bond motifs is 1. The normalized spacial score (nSPS) is 11.1. The Balaban J connectivity index is 1.66. The summed E-state index contributed by atoms with van der Waals surface area (Å²) >= 11 is 12.8. The van der Waals surface area contributed by atoms with Gasteiger partial charge in [-0.2, -0.15) is 0 Å². The Morgan fingerprint density at radius 1 is 1.16 bits per heavy atom. The van der Waals surface area contributed by atoms with Gasteiger partial charge in [-0.15, -0.1) is 10.2 Å². The molecule has 4 rings (SSSR count). The zero-order valence-electron chi connectivity index (χ0n) is 16.3. The van der Waals surface area contributed by atoms with Crippen LogP contribution in [0.2, 0.25) is 10.0 Å². The smallest absolute Gasteiger partial charge is 0.434 e. The molecule has 2 N–H and O–H groups in total. The van der Waals surface area contributed by atoms with E-state index in [0.717, 1.165) is 6.42 Å². The molecule has 0 unspecified atom stereocenters. The van der Waals surface area contributed by atoms with E-state index in [1.807, 2.05) is 6.92 Å². The van der Waals surface area contributed by atoms with Crippen LogP contribution >= 0.6 is 23.2 Å². The van der Waals surface area contributed by atoms with Crippen LogP contribution in [0.3, 0.4) is 0 Å². The third-order valence-corrected chi connectivity index (χ3v) is 4.95. The van der Waals surface area contributed by atoms with Crippen molar-refractivity contribution in [2.45, 2.75) is 26.4 Å². The first-order chi connectivity index (χ1) is 15.0. The second-order valence-corrected chi connectivity index (χ2v) is 7.42. The molecule has 31 heavy (non-hydrogen) atoms. The molecule has 0 spiro atoms. The van der Waals surface area contributed by atoms with Crippen LogP contribution in [0.25, 0.3) is 10.8 Å². The van der Waals surface area contributed by atoms with Crippen LogP contribution in [0.15, 0.2) is 50.4 Å². The van der Waals surface area contributed by atoms with Gasteiger partial charge in [0.15, 0.2) is 5.75 Å². The first-order valence-corrected chi connectivity index (χ1v) is 10.2. The van der Waals surface area contributed by atoms with Crippen molar-refractivity contribution in [3.63, 3.8) is 0 Å². The molecule has 0 saturated heterocycles. The number of halogens is 2. The van der Waals surface area contributed by atoms with E-state index in [1.165, 1.54) is 4.68 Å². The topological polar surface area (TPSA) is 115 Å². The fraction of sp³-hybridized carbons (Fsp3) is 0.200. The molecule has 0 saturated carbocycles. The quantitative estimate of drug-likeness (QED) is 0.423. The molecule has 0 fully saturated rings. The summed E-state index contributed by atoms with van der Waals surface area (Å²) in [7, 11) is 0. The largest absolute Gasteiger partial charge is 0.434 e. The number of anilines is 1. The molecule has 2 aromatic carbocycles. The highest BCUT2D eigenvalue weighted by Crippen LogP contribution is 2.39. The molecule has 0 aliphatic heterocycles. The first kappa shape index (κ1) is 21.0. The third-order valence-electron chi connectivity index (χ3n) is 4.39. The van der Waals surface area contributed by atoms with Crippen molar-refractivity contribution in [2.24, 2.45) is 0 Å². The summed E-state index contributed by atoms with van der Waals surface area (Å²) in [6.45, 7) is 2.56. The number of H-pyrrole nitrogens is 1. The van der Waals surface area contributed by atoms with Crippen LogP contribution in [0.1, 0.15) is 19.2 Å². The van der Waals surface area contributed by atoms with Gasteiger partial charge in [0.1, 0.15) is 0 Å². The number of hydrogen-bond donors (Lipinski definition) is 2. The molecule has 160 valence electrons. The summed E-state index contributed by atoms with van der Waals surface area (Å²) in [4.78, 5) is 23.7. The number of aromatic amines is 1. The van der Waals surface area contributed by atoms with E-state index in [4.69, 9.17) is 32.4 Å². The van der Waals surface area contributed by atoms with Crippen molar-refractivity contribution >= 4 is 39.7 Å².